The van der Waals surface area contributed by atoms with E-state index in [0.29, 0.717) is 60.1 Å². The molecule has 3 N–H and O–H groups in total. The summed E-state index contributed by atoms with van der Waals surface area (Å²) in [6.45, 7) is 6.77. The first-order valence-electron chi connectivity index (χ1n) is 22.1. The van der Waals surface area contributed by atoms with Crippen LogP contribution in [0.4, 0.5) is 4.79 Å². The van der Waals surface area contributed by atoms with Crippen molar-refractivity contribution in [1.82, 2.24) is 4.90 Å². The summed E-state index contributed by atoms with van der Waals surface area (Å²) in [7, 11) is 1.50. The van der Waals surface area contributed by atoms with Gasteiger partial charge in [0, 0.05) is 44.1 Å². The molecule has 0 bridgehead atoms. The number of aliphatic hydroxyl groups excluding tert-OH is 3. The van der Waals surface area contributed by atoms with E-state index in [-0.39, 0.29) is 77.0 Å². The Kier molecular flexibility index (Phi) is 17.6. The number of aldehydes is 1. The van der Waals surface area contributed by atoms with Crippen molar-refractivity contribution in [2.24, 2.45) is 22.9 Å². The third-order valence-corrected chi connectivity index (χ3v) is 12.2. The van der Waals surface area contributed by atoms with Crippen LogP contribution >= 0.6 is 0 Å². The Morgan fingerprint density at radius 2 is 1.81 bits per heavy atom. The zero-order chi connectivity index (χ0) is 43.9. The highest BCUT2D eigenvalue weighted by molar-refractivity contribution is 6.03. The molecule has 0 aromatic heterocycles. The molecule has 2 aromatic rings. The van der Waals surface area contributed by atoms with Crippen molar-refractivity contribution in [2.45, 2.75) is 95.2 Å². The predicted molar refractivity (Wildman–Crippen MR) is 230 cm³/mol. The minimum Gasteiger partial charge on any atom is -0.496 e. The van der Waals surface area contributed by atoms with Crippen molar-refractivity contribution in [3.63, 3.8) is 0 Å². The van der Waals surface area contributed by atoms with Crippen molar-refractivity contribution in [3.05, 3.63) is 71.8 Å². The number of unbranched alkanes of at least 4 members (excludes halogenated alkanes) is 2. The zero-order valence-electron chi connectivity index (χ0n) is 36.1. The minimum atomic E-state index is -1.51. The minimum absolute atomic E-state index is 0.0154. The number of benzene rings is 2. The summed E-state index contributed by atoms with van der Waals surface area (Å²) < 4.78 is 43.5. The topological polar surface area (TPSA) is 184 Å². The summed E-state index contributed by atoms with van der Waals surface area (Å²) >= 11 is 0. The van der Waals surface area contributed by atoms with Gasteiger partial charge >= 0.3 is 6.09 Å². The number of oxime groups is 1. The van der Waals surface area contributed by atoms with Gasteiger partial charge in [0.2, 0.25) is 12.1 Å². The fraction of sp³-hybridized carbons (Fsp3) is 0.596. The zero-order valence-corrected chi connectivity index (χ0v) is 36.1. The van der Waals surface area contributed by atoms with Crippen molar-refractivity contribution >= 4 is 18.1 Å². The SMILES string of the molecule is C=CCOC12Oc3ccc(Oc4ccc(OC)c(C=O)c4)cc3C3C(CCCCO)C(CCCCO)C=C(C(=NOC4CCCCO4)CC1N(CCOCCO)C(=O)OCC)C32. The Balaban J connectivity index is 1.57. The molecule has 2 aliphatic carbocycles. The molecular weight excluding hydrogens is 801 g/mol. The first kappa shape index (κ1) is 47.0. The fourth-order valence-corrected chi connectivity index (χ4v) is 9.54. The van der Waals surface area contributed by atoms with E-state index < -0.39 is 30.1 Å². The molecule has 340 valence electrons. The number of ether oxygens (including phenoxy) is 7. The molecule has 2 aromatic carbocycles. The van der Waals surface area contributed by atoms with Crippen molar-refractivity contribution in [3.8, 4) is 23.0 Å². The van der Waals surface area contributed by atoms with Crippen molar-refractivity contribution in [1.29, 1.82) is 0 Å². The third kappa shape index (κ3) is 10.8. The highest BCUT2D eigenvalue weighted by Gasteiger charge is 2.65. The molecule has 0 radical (unpaired) electrons. The largest absolute Gasteiger partial charge is 0.496 e. The Labute approximate surface area is 364 Å². The Morgan fingerprint density at radius 1 is 1.02 bits per heavy atom. The van der Waals surface area contributed by atoms with Crippen molar-refractivity contribution in [2.75, 3.05) is 66.5 Å². The predicted octanol–water partition coefficient (Wildman–Crippen LogP) is 6.93. The molecular formula is C47H64N2O13. The molecule has 4 aliphatic rings. The number of carbonyl (C=O) groups excluding carboxylic acids is 2. The molecule has 1 amide bonds. The number of hydrogen-bond donors (Lipinski definition) is 3. The van der Waals surface area contributed by atoms with Gasteiger partial charge in [-0.1, -0.05) is 30.1 Å². The molecule has 6 rings (SSSR count). The summed E-state index contributed by atoms with van der Waals surface area (Å²) in [6, 6.07) is 9.87. The van der Waals surface area contributed by atoms with E-state index in [9.17, 15) is 24.9 Å². The monoisotopic (exact) mass is 864 g/mol. The Morgan fingerprint density at radius 3 is 2.52 bits per heavy atom. The van der Waals surface area contributed by atoms with Gasteiger partial charge < -0.3 is 53.3 Å². The second-order valence-corrected chi connectivity index (χ2v) is 16.0. The Bertz CT molecular complexity index is 1850. The first-order valence-corrected chi connectivity index (χ1v) is 22.1. The van der Waals surface area contributed by atoms with Gasteiger partial charge in [-0.2, -0.15) is 0 Å². The van der Waals surface area contributed by atoms with Crippen LogP contribution in [0.2, 0.25) is 0 Å². The van der Waals surface area contributed by atoms with Crippen LogP contribution in [0.5, 0.6) is 23.0 Å². The number of amides is 1. The molecule has 2 heterocycles. The fourth-order valence-electron chi connectivity index (χ4n) is 9.54. The maximum atomic E-state index is 14.2. The number of nitrogens with zero attached hydrogens (tertiary/aromatic N) is 2. The number of methoxy groups -OCH3 is 1. The summed E-state index contributed by atoms with van der Waals surface area (Å²) in [6.07, 6.45) is 10.6. The number of rotatable bonds is 24. The van der Waals surface area contributed by atoms with E-state index in [4.69, 9.17) is 43.2 Å². The van der Waals surface area contributed by atoms with E-state index in [1.54, 1.807) is 42.2 Å². The number of fused-ring (bicyclic) bond motifs is 2. The number of allylic oxidation sites excluding steroid dienone is 1. The smallest absolute Gasteiger partial charge is 0.410 e. The molecule has 0 spiro atoms. The van der Waals surface area contributed by atoms with Crippen LogP contribution in [0, 0.1) is 17.8 Å². The van der Waals surface area contributed by atoms with E-state index in [1.807, 2.05) is 12.1 Å². The van der Waals surface area contributed by atoms with Gasteiger partial charge in [-0.15, -0.1) is 6.58 Å². The number of hydrogen-bond acceptors (Lipinski definition) is 14. The van der Waals surface area contributed by atoms with Gasteiger partial charge in [-0.25, -0.2) is 4.79 Å². The lowest BCUT2D eigenvalue weighted by Crippen LogP contribution is -2.70. The normalized spacial score (nSPS) is 25.7. The van der Waals surface area contributed by atoms with Crippen LogP contribution < -0.4 is 14.2 Å². The summed E-state index contributed by atoms with van der Waals surface area (Å²) in [5.41, 5.74) is 2.72. The maximum Gasteiger partial charge on any atom is 0.410 e. The molecule has 1 saturated carbocycles. The van der Waals surface area contributed by atoms with E-state index in [1.165, 1.54) is 7.11 Å². The lowest BCUT2D eigenvalue weighted by atomic mass is 9.55. The van der Waals surface area contributed by atoms with Crippen LogP contribution in [-0.4, -0.2) is 123 Å². The van der Waals surface area contributed by atoms with Gasteiger partial charge in [0.15, 0.2) is 6.29 Å². The van der Waals surface area contributed by atoms with Gasteiger partial charge in [0.05, 0.1) is 63.9 Å². The summed E-state index contributed by atoms with van der Waals surface area (Å²) in [4.78, 5) is 34.0. The van der Waals surface area contributed by atoms with E-state index >= 15 is 0 Å². The molecule has 15 nitrogen and oxygen atoms in total. The average molecular weight is 865 g/mol. The number of carbonyl (C=O) groups is 2. The van der Waals surface area contributed by atoms with Crippen molar-refractivity contribution < 1.29 is 62.9 Å². The highest BCUT2D eigenvalue weighted by atomic mass is 16.8. The molecule has 62 heavy (non-hydrogen) atoms. The maximum absolute atomic E-state index is 14.2. The number of aliphatic hydroxyl groups is 3. The van der Waals surface area contributed by atoms with E-state index in [2.05, 4.69) is 12.7 Å². The van der Waals surface area contributed by atoms with Crippen LogP contribution in [0.3, 0.4) is 0 Å². The lowest BCUT2D eigenvalue weighted by molar-refractivity contribution is -0.256. The van der Waals surface area contributed by atoms with Crippen LogP contribution in [0.15, 0.2) is 65.9 Å². The summed E-state index contributed by atoms with van der Waals surface area (Å²) in [5.74, 6) is -0.442. The van der Waals surface area contributed by atoms with Crippen LogP contribution in [-0.2, 0) is 23.8 Å². The molecule has 7 unspecified atom stereocenters. The van der Waals surface area contributed by atoms with Crippen LogP contribution in [0.25, 0.3) is 0 Å². The lowest BCUT2D eigenvalue weighted by Gasteiger charge is -2.59. The standard InChI is InChI=1S/C47H64N2O13/c1-4-23-59-47-42(49(46(54)57-5-2)19-25-56-26-22-52)30-39(48-62-43-14-8-11-24-58-43)37-28-32(12-6-9-20-50)36(13-7-10-21-51)44(45(37)47)38-29-35(16-18-41(38)61-47)60-34-15-17-40(55-3)33(27-34)31-53/h4,15-18,27-29,31-32,36,42-45,50-52H,1,5-14,19-26,30H2,2-3H3. The second kappa shape index (κ2) is 23.3. The van der Waals surface area contributed by atoms with Crippen LogP contribution in [0.1, 0.15) is 93.0 Å². The summed E-state index contributed by atoms with van der Waals surface area (Å²) in [5, 5.41) is 34.3. The molecule has 7 atom stereocenters. The van der Waals surface area contributed by atoms with Gasteiger partial charge in [-0.3, -0.25) is 9.69 Å². The third-order valence-electron chi connectivity index (χ3n) is 12.2. The molecule has 2 aliphatic heterocycles. The molecule has 2 fully saturated rings. The average Bonchev–Trinajstić information content (AvgIpc) is 3.29. The quantitative estimate of drug-likeness (QED) is 0.0428. The second-order valence-electron chi connectivity index (χ2n) is 16.0. The Hall–Kier alpha value is -4.51. The molecule has 1 saturated heterocycles. The molecule has 15 heteroatoms. The van der Waals surface area contributed by atoms with Gasteiger partial charge in [-0.05, 0) is 99.3 Å². The highest BCUT2D eigenvalue weighted by Crippen LogP contribution is 2.62. The van der Waals surface area contributed by atoms with E-state index in [0.717, 1.165) is 55.9 Å². The van der Waals surface area contributed by atoms with Gasteiger partial charge in [0.1, 0.15) is 29.0 Å². The van der Waals surface area contributed by atoms with Gasteiger partial charge in [0.25, 0.3) is 0 Å². The first-order chi connectivity index (χ1) is 30.4.